The second-order valence-electron chi connectivity index (χ2n) is 12.0. The molecule has 0 bridgehead atoms. The van der Waals surface area contributed by atoms with Crippen molar-refractivity contribution >= 4 is 65.6 Å². The summed E-state index contributed by atoms with van der Waals surface area (Å²) in [5.41, 5.74) is 7.75. The Morgan fingerprint density at radius 3 is 1.84 bits per heavy atom. The summed E-state index contributed by atoms with van der Waals surface area (Å²) >= 11 is 1.89. The van der Waals surface area contributed by atoms with Crippen molar-refractivity contribution in [3.63, 3.8) is 0 Å². The van der Waals surface area contributed by atoms with E-state index in [0.717, 1.165) is 0 Å². The Labute approximate surface area is 265 Å². The molecule has 0 saturated carbocycles. The Kier molecular flexibility index (Phi) is 5.31. The molecule has 9 aromatic rings. The summed E-state index contributed by atoms with van der Waals surface area (Å²) in [5, 5.41) is 12.9. The molecule has 10 rings (SSSR count). The average Bonchev–Trinajstić information content (AvgIpc) is 3.10. The highest BCUT2D eigenvalue weighted by Gasteiger charge is 2.21. The molecule has 9 aromatic carbocycles. The van der Waals surface area contributed by atoms with Crippen molar-refractivity contribution in [2.24, 2.45) is 0 Å². The van der Waals surface area contributed by atoms with Gasteiger partial charge in [0.15, 0.2) is 0 Å². The molecule has 208 valence electrons. The molecule has 0 fully saturated rings. The molecule has 1 heteroatoms. The first-order chi connectivity index (χ1) is 22.3. The lowest BCUT2D eigenvalue weighted by Crippen LogP contribution is -1.94. The van der Waals surface area contributed by atoms with Gasteiger partial charge >= 0.3 is 0 Å². The highest BCUT2D eigenvalue weighted by atomic mass is 32.2. The molecular weight excluding hydrogens is 561 g/mol. The molecule has 1 heterocycles. The van der Waals surface area contributed by atoms with E-state index in [4.69, 9.17) is 0 Å². The zero-order valence-corrected chi connectivity index (χ0v) is 25.2. The van der Waals surface area contributed by atoms with Gasteiger partial charge in [0, 0.05) is 15.2 Å². The summed E-state index contributed by atoms with van der Waals surface area (Å²) < 4.78 is 0. The first kappa shape index (κ1) is 25.0. The summed E-state index contributed by atoms with van der Waals surface area (Å²) in [6.45, 7) is 0. The fourth-order valence-corrected chi connectivity index (χ4v) is 8.75. The molecule has 0 spiro atoms. The maximum Gasteiger partial charge on any atom is 0.0207 e. The predicted octanol–water partition coefficient (Wildman–Crippen LogP) is 12.9. The highest BCUT2D eigenvalue weighted by molar-refractivity contribution is 7.99. The Hall–Kier alpha value is -5.37. The van der Waals surface area contributed by atoms with Crippen LogP contribution in [0.4, 0.5) is 0 Å². The van der Waals surface area contributed by atoms with Gasteiger partial charge in [-0.2, -0.15) is 0 Å². The van der Waals surface area contributed by atoms with Crippen LogP contribution >= 0.6 is 11.8 Å². The Balaban J connectivity index is 1.30. The minimum absolute atomic E-state index is 1.25. The van der Waals surface area contributed by atoms with Crippen molar-refractivity contribution < 1.29 is 0 Å². The molecule has 1 aliphatic heterocycles. The van der Waals surface area contributed by atoms with Crippen molar-refractivity contribution in [2.45, 2.75) is 9.79 Å². The topological polar surface area (TPSA) is 0 Å². The predicted molar refractivity (Wildman–Crippen MR) is 194 cm³/mol. The number of hydrogen-bond acceptors (Lipinski definition) is 1. The van der Waals surface area contributed by atoms with E-state index in [0.29, 0.717) is 0 Å². The van der Waals surface area contributed by atoms with Crippen LogP contribution in [0, 0.1) is 0 Å². The number of rotatable bonds is 2. The van der Waals surface area contributed by atoms with E-state index in [-0.39, 0.29) is 0 Å². The van der Waals surface area contributed by atoms with E-state index in [2.05, 4.69) is 158 Å². The summed E-state index contributed by atoms with van der Waals surface area (Å²) in [5.74, 6) is 0. The van der Waals surface area contributed by atoms with Gasteiger partial charge in [-0.15, -0.1) is 0 Å². The Morgan fingerprint density at radius 1 is 0.311 bits per heavy atom. The third-order valence-corrected chi connectivity index (χ3v) is 10.7. The third kappa shape index (κ3) is 3.68. The van der Waals surface area contributed by atoms with Crippen molar-refractivity contribution in [3.05, 3.63) is 158 Å². The maximum atomic E-state index is 2.42. The summed E-state index contributed by atoms with van der Waals surface area (Å²) in [4.78, 5) is 2.66. The summed E-state index contributed by atoms with van der Waals surface area (Å²) in [7, 11) is 0. The molecule has 0 amide bonds. The molecule has 1 aliphatic rings. The Bertz CT molecular complexity index is 2670. The normalized spacial score (nSPS) is 12.4. The van der Waals surface area contributed by atoms with Crippen LogP contribution < -0.4 is 0 Å². The monoisotopic (exact) mass is 586 g/mol. The molecule has 45 heavy (non-hydrogen) atoms. The van der Waals surface area contributed by atoms with E-state index in [9.17, 15) is 0 Å². The van der Waals surface area contributed by atoms with Crippen LogP contribution in [0.3, 0.4) is 0 Å². The largest absolute Gasteiger partial charge is 0.0888 e. The van der Waals surface area contributed by atoms with E-state index in [1.54, 1.807) is 0 Å². The smallest absolute Gasteiger partial charge is 0.0207 e. The van der Waals surface area contributed by atoms with E-state index >= 15 is 0 Å². The van der Waals surface area contributed by atoms with Gasteiger partial charge in [-0.25, -0.2) is 0 Å². The van der Waals surface area contributed by atoms with Crippen LogP contribution in [0.5, 0.6) is 0 Å². The summed E-state index contributed by atoms with van der Waals surface area (Å²) in [6, 6.07) is 58.6. The fourth-order valence-electron chi connectivity index (χ4n) is 7.62. The lowest BCUT2D eigenvalue weighted by Gasteiger charge is -2.22. The van der Waals surface area contributed by atoms with Gasteiger partial charge in [0.05, 0.1) is 0 Å². The number of fused-ring (bicyclic) bond motifs is 7. The van der Waals surface area contributed by atoms with Crippen LogP contribution in [0.25, 0.3) is 87.2 Å². The maximum absolute atomic E-state index is 2.42. The van der Waals surface area contributed by atoms with Crippen molar-refractivity contribution in [2.75, 3.05) is 0 Å². The average molecular weight is 587 g/mol. The van der Waals surface area contributed by atoms with E-state index < -0.39 is 0 Å². The molecular formula is C44H26S. The van der Waals surface area contributed by atoms with Crippen LogP contribution in [0.1, 0.15) is 0 Å². The van der Waals surface area contributed by atoms with Crippen LogP contribution in [0.2, 0.25) is 0 Å². The number of hydrogen-bond donors (Lipinski definition) is 0. The first-order valence-corrected chi connectivity index (χ1v) is 16.3. The zero-order valence-electron chi connectivity index (χ0n) is 24.4. The van der Waals surface area contributed by atoms with Gasteiger partial charge in [0.25, 0.3) is 0 Å². The SMILES string of the molecule is c1ccc2c(-c3c4cccc(-c5ccc6c(c5)-c5cccc7cccc(c57)S6)c4cc4ccc5ccccc5c34)cccc2c1. The van der Waals surface area contributed by atoms with Gasteiger partial charge < -0.3 is 0 Å². The molecule has 0 unspecified atom stereocenters. The lowest BCUT2D eigenvalue weighted by molar-refractivity contribution is 1.40. The van der Waals surface area contributed by atoms with Crippen LogP contribution in [-0.2, 0) is 0 Å². The molecule has 0 nitrogen and oxygen atoms in total. The molecule has 0 aliphatic carbocycles. The molecule has 0 N–H and O–H groups in total. The van der Waals surface area contributed by atoms with E-state index in [1.165, 1.54) is 97.0 Å². The lowest BCUT2D eigenvalue weighted by atomic mass is 9.85. The van der Waals surface area contributed by atoms with Crippen molar-refractivity contribution in [1.29, 1.82) is 0 Å². The van der Waals surface area contributed by atoms with Gasteiger partial charge in [-0.3, -0.25) is 0 Å². The summed E-state index contributed by atoms with van der Waals surface area (Å²) in [6.07, 6.45) is 0. The molecule has 0 saturated heterocycles. The quantitative estimate of drug-likeness (QED) is 0.143. The highest BCUT2D eigenvalue weighted by Crippen LogP contribution is 2.50. The standard InChI is InChI=1S/C44H26S/c1-3-14-32-27(9-1)11-5-17-35(32)44-36-19-8-16-33(38(36)26-31-22-21-28-10-2-4-15-34(28)43(31)44)30-23-24-40-39(25-30)37-18-6-12-29-13-7-20-41(45-40)42(29)37/h1-26H. The Morgan fingerprint density at radius 2 is 0.956 bits per heavy atom. The minimum atomic E-state index is 1.25. The van der Waals surface area contributed by atoms with E-state index in [1.807, 2.05) is 11.8 Å². The molecule has 0 aromatic heterocycles. The third-order valence-electron chi connectivity index (χ3n) is 9.61. The van der Waals surface area contributed by atoms with Gasteiger partial charge in [-0.1, -0.05) is 145 Å². The number of benzene rings is 9. The van der Waals surface area contributed by atoms with Gasteiger partial charge in [0.1, 0.15) is 0 Å². The van der Waals surface area contributed by atoms with Crippen molar-refractivity contribution in [1.82, 2.24) is 0 Å². The second kappa shape index (κ2) is 9.56. The second-order valence-corrected chi connectivity index (χ2v) is 13.1. The zero-order chi connectivity index (χ0) is 29.5. The van der Waals surface area contributed by atoms with Crippen molar-refractivity contribution in [3.8, 4) is 33.4 Å². The van der Waals surface area contributed by atoms with Gasteiger partial charge in [-0.05, 0) is 106 Å². The van der Waals surface area contributed by atoms with Crippen LogP contribution in [-0.4, -0.2) is 0 Å². The fraction of sp³-hybridized carbons (Fsp3) is 0. The molecule has 0 atom stereocenters. The van der Waals surface area contributed by atoms with Gasteiger partial charge in [0.2, 0.25) is 0 Å². The first-order valence-electron chi connectivity index (χ1n) is 15.5. The van der Waals surface area contributed by atoms with Crippen LogP contribution in [0.15, 0.2) is 168 Å². The minimum Gasteiger partial charge on any atom is -0.0888 e. The molecule has 0 radical (unpaired) electrons.